The van der Waals surface area contributed by atoms with Crippen LogP contribution in [0.5, 0.6) is 5.75 Å². The van der Waals surface area contributed by atoms with Gasteiger partial charge in [-0.2, -0.15) is 0 Å². The van der Waals surface area contributed by atoms with Crippen LogP contribution in [-0.2, 0) is 9.84 Å². The predicted octanol–water partition coefficient (Wildman–Crippen LogP) is 3.94. The number of sulfone groups is 1. The second-order valence-corrected chi connectivity index (χ2v) is 10.3. The van der Waals surface area contributed by atoms with Gasteiger partial charge in [0, 0.05) is 22.1 Å². The van der Waals surface area contributed by atoms with Crippen molar-refractivity contribution < 1.29 is 42.9 Å². The number of hydrogen-bond acceptors (Lipinski definition) is 7. The van der Waals surface area contributed by atoms with Crippen molar-refractivity contribution in [2.45, 2.75) is 15.7 Å². The second kappa shape index (κ2) is 8.38. The van der Waals surface area contributed by atoms with Crippen LogP contribution in [0.25, 0.3) is 10.8 Å². The quantitative estimate of drug-likeness (QED) is 0.333. The Morgan fingerprint density at radius 3 is 2.08 bits per heavy atom. The van der Waals surface area contributed by atoms with E-state index >= 15 is 0 Å². The zero-order valence-corrected chi connectivity index (χ0v) is 19.5. The summed E-state index contributed by atoms with van der Waals surface area (Å²) in [7, 11) is -4.54. The number of carbonyl (C=O) groups excluding carboxylic acids is 2. The Bertz CT molecular complexity index is 1800. The first-order valence-corrected chi connectivity index (χ1v) is 12.3. The number of benzene rings is 4. The fraction of sp³-hybridized carbons (Fsp3) is 0.0370. The molecule has 1 unspecified atom stereocenters. The van der Waals surface area contributed by atoms with E-state index in [4.69, 9.17) is 0 Å². The molecule has 4 aromatic rings. The van der Waals surface area contributed by atoms with Crippen molar-refractivity contribution in [3.05, 3.63) is 101 Å². The van der Waals surface area contributed by atoms with E-state index in [1.165, 1.54) is 42.5 Å². The molecule has 1 aliphatic carbocycles. The van der Waals surface area contributed by atoms with Crippen LogP contribution in [0.2, 0.25) is 0 Å². The van der Waals surface area contributed by atoms with Crippen molar-refractivity contribution in [3.63, 3.8) is 0 Å². The molecule has 0 saturated heterocycles. The fourth-order valence-electron chi connectivity index (χ4n) is 4.54. The minimum atomic E-state index is -4.54. The normalized spacial score (nSPS) is 15.1. The van der Waals surface area contributed by atoms with Crippen LogP contribution in [0.4, 0.5) is 0 Å². The number of rotatable bonds is 5. The SMILES string of the molecule is O=C(O)c1cccc(S(=O)(=O)c2c(O)c(C3C(=O)c4ccc(C(=O)O)cc4C3=O)cc3ccccc23)c1. The Labute approximate surface area is 209 Å². The molecule has 0 fully saturated rings. The van der Waals surface area contributed by atoms with Crippen molar-refractivity contribution in [2.24, 2.45) is 0 Å². The van der Waals surface area contributed by atoms with E-state index in [1.807, 2.05) is 0 Å². The van der Waals surface area contributed by atoms with Crippen molar-refractivity contribution in [3.8, 4) is 5.75 Å². The summed E-state index contributed by atoms with van der Waals surface area (Å²) < 4.78 is 27.4. The molecule has 0 radical (unpaired) electrons. The fourth-order valence-corrected chi connectivity index (χ4v) is 6.16. The number of phenolic OH excluding ortho intramolecular Hbond substituents is 1. The maximum absolute atomic E-state index is 13.7. The van der Waals surface area contributed by atoms with E-state index in [9.17, 15) is 42.9 Å². The number of Topliss-reactive ketones (excluding diaryl/α,β-unsaturated/α-hetero) is 2. The molecular formula is C27H16O9S. The Hall–Kier alpha value is -4.83. The first kappa shape index (κ1) is 23.9. The van der Waals surface area contributed by atoms with E-state index in [2.05, 4.69) is 0 Å². The smallest absolute Gasteiger partial charge is 0.335 e. The van der Waals surface area contributed by atoms with Gasteiger partial charge in [-0.3, -0.25) is 9.59 Å². The molecule has 9 nitrogen and oxygen atoms in total. The van der Waals surface area contributed by atoms with Crippen LogP contribution in [0.3, 0.4) is 0 Å². The molecule has 0 bridgehead atoms. The minimum Gasteiger partial charge on any atom is -0.506 e. The van der Waals surface area contributed by atoms with Crippen LogP contribution in [0.1, 0.15) is 52.9 Å². The first-order valence-electron chi connectivity index (χ1n) is 10.8. The lowest BCUT2D eigenvalue weighted by Crippen LogP contribution is -2.15. The van der Waals surface area contributed by atoms with Gasteiger partial charge in [-0.05, 0) is 47.9 Å². The molecule has 0 spiro atoms. The summed E-state index contributed by atoms with van der Waals surface area (Å²) in [6, 6.07) is 15.6. The number of fused-ring (bicyclic) bond motifs is 2. The number of phenols is 1. The second-order valence-electron chi connectivity index (χ2n) is 8.43. The molecule has 37 heavy (non-hydrogen) atoms. The molecule has 0 saturated carbocycles. The highest BCUT2D eigenvalue weighted by molar-refractivity contribution is 7.91. The lowest BCUT2D eigenvalue weighted by molar-refractivity contribution is 0.0686. The van der Waals surface area contributed by atoms with E-state index in [1.54, 1.807) is 18.2 Å². The highest BCUT2D eigenvalue weighted by Gasteiger charge is 2.43. The zero-order chi connectivity index (χ0) is 26.6. The topological polar surface area (TPSA) is 163 Å². The third-order valence-corrected chi connectivity index (χ3v) is 8.12. The van der Waals surface area contributed by atoms with Gasteiger partial charge in [0.05, 0.1) is 16.0 Å². The molecule has 10 heteroatoms. The monoisotopic (exact) mass is 516 g/mol. The molecular weight excluding hydrogens is 500 g/mol. The van der Waals surface area contributed by atoms with E-state index in [0.717, 1.165) is 12.1 Å². The van der Waals surface area contributed by atoms with Crippen molar-refractivity contribution >= 4 is 44.1 Å². The van der Waals surface area contributed by atoms with Gasteiger partial charge in [0.15, 0.2) is 11.6 Å². The van der Waals surface area contributed by atoms with Crippen LogP contribution in [0.15, 0.2) is 82.6 Å². The van der Waals surface area contributed by atoms with Crippen LogP contribution in [-0.4, -0.2) is 47.2 Å². The van der Waals surface area contributed by atoms with Gasteiger partial charge >= 0.3 is 11.9 Å². The number of carboxylic acid groups (broad SMARTS) is 2. The lowest BCUT2D eigenvalue weighted by Gasteiger charge is -2.17. The lowest BCUT2D eigenvalue weighted by atomic mass is 9.91. The van der Waals surface area contributed by atoms with Gasteiger partial charge < -0.3 is 15.3 Å². The average molecular weight is 516 g/mol. The number of carbonyl (C=O) groups is 4. The maximum atomic E-state index is 13.7. The van der Waals surface area contributed by atoms with E-state index < -0.39 is 54.8 Å². The number of aromatic carboxylic acids is 2. The number of carboxylic acids is 2. The standard InChI is InChI=1S/C27H16O9S/c28-22-18-9-8-15(27(33)34)12-19(18)23(29)21(22)20-11-13-4-1-2-7-17(13)25(24(20)30)37(35,36)16-6-3-5-14(10-16)26(31)32/h1-12,21,30H,(H,31,32)(H,33,34). The van der Waals surface area contributed by atoms with E-state index in [0.29, 0.717) is 5.39 Å². The highest BCUT2D eigenvalue weighted by Crippen LogP contribution is 2.45. The number of aromatic hydroxyl groups is 1. The van der Waals surface area contributed by atoms with Crippen molar-refractivity contribution in [2.75, 3.05) is 0 Å². The third-order valence-electron chi connectivity index (χ3n) is 6.30. The van der Waals surface area contributed by atoms with Gasteiger partial charge in [-0.15, -0.1) is 0 Å². The maximum Gasteiger partial charge on any atom is 0.335 e. The molecule has 184 valence electrons. The zero-order valence-electron chi connectivity index (χ0n) is 18.7. The third kappa shape index (κ3) is 3.66. The molecule has 0 amide bonds. The summed E-state index contributed by atoms with van der Waals surface area (Å²) >= 11 is 0. The van der Waals surface area contributed by atoms with Crippen LogP contribution in [0, 0.1) is 0 Å². The molecule has 1 aliphatic rings. The van der Waals surface area contributed by atoms with Gasteiger partial charge in [0.25, 0.3) is 0 Å². The van der Waals surface area contributed by atoms with E-state index in [-0.39, 0.29) is 33.2 Å². The summed E-state index contributed by atoms with van der Waals surface area (Å²) in [4.78, 5) is 48.3. The Balaban J connectivity index is 1.76. The predicted molar refractivity (Wildman–Crippen MR) is 129 cm³/mol. The Morgan fingerprint density at radius 2 is 1.38 bits per heavy atom. The molecule has 0 heterocycles. The Morgan fingerprint density at radius 1 is 0.730 bits per heavy atom. The molecule has 1 atom stereocenters. The number of hydrogen-bond donors (Lipinski definition) is 3. The molecule has 0 aliphatic heterocycles. The Kier molecular flexibility index (Phi) is 5.41. The minimum absolute atomic E-state index is 0.0360. The summed E-state index contributed by atoms with van der Waals surface area (Å²) in [5.74, 6) is -6.54. The van der Waals surface area contributed by atoms with Crippen LogP contribution < -0.4 is 0 Å². The summed E-state index contributed by atoms with van der Waals surface area (Å²) in [5, 5.41) is 30.3. The van der Waals surface area contributed by atoms with Gasteiger partial charge in [0.2, 0.25) is 9.84 Å². The summed E-state index contributed by atoms with van der Waals surface area (Å²) in [5.41, 5.74) is -0.918. The average Bonchev–Trinajstić information content (AvgIpc) is 3.12. The number of ketones is 2. The van der Waals surface area contributed by atoms with Crippen molar-refractivity contribution in [1.82, 2.24) is 0 Å². The van der Waals surface area contributed by atoms with Gasteiger partial charge in [-0.1, -0.05) is 30.3 Å². The first-order chi connectivity index (χ1) is 17.5. The van der Waals surface area contributed by atoms with Gasteiger partial charge in [0.1, 0.15) is 16.6 Å². The van der Waals surface area contributed by atoms with Gasteiger partial charge in [-0.25, -0.2) is 18.0 Å². The molecule has 0 aromatic heterocycles. The molecule has 5 rings (SSSR count). The summed E-state index contributed by atoms with van der Waals surface area (Å²) in [6.45, 7) is 0. The largest absolute Gasteiger partial charge is 0.506 e. The highest BCUT2D eigenvalue weighted by atomic mass is 32.2. The molecule has 3 N–H and O–H groups in total. The van der Waals surface area contributed by atoms with Crippen molar-refractivity contribution in [1.29, 1.82) is 0 Å². The molecule has 4 aromatic carbocycles. The summed E-state index contributed by atoms with van der Waals surface area (Å²) in [6.07, 6.45) is 0. The van der Waals surface area contributed by atoms with Crippen LogP contribution >= 0.6 is 0 Å².